The van der Waals surface area contributed by atoms with Gasteiger partial charge in [-0.2, -0.15) is 4.98 Å². The van der Waals surface area contributed by atoms with Crippen molar-refractivity contribution in [1.82, 2.24) is 15.0 Å². The van der Waals surface area contributed by atoms with Gasteiger partial charge in [-0.05, 0) is 43.3 Å². The zero-order valence-corrected chi connectivity index (χ0v) is 14.7. The lowest BCUT2D eigenvalue weighted by Gasteiger charge is -2.08. The van der Waals surface area contributed by atoms with Crippen LogP contribution in [0.15, 0.2) is 59.1 Å². The summed E-state index contributed by atoms with van der Waals surface area (Å²) in [5.74, 6) is 0.388. The number of benzene rings is 2. The summed E-state index contributed by atoms with van der Waals surface area (Å²) in [5, 5.41) is 0. The van der Waals surface area contributed by atoms with E-state index >= 15 is 0 Å². The second-order valence-electron chi connectivity index (χ2n) is 5.88. The first kappa shape index (κ1) is 17.6. The second-order valence-corrected chi connectivity index (χ2v) is 5.88. The SMILES string of the molecule is CC(C=O)Oc1ccc(-c2nc3cnc(Oc4ccccc4F)nc3o2)cc1. The van der Waals surface area contributed by atoms with Gasteiger partial charge in [-0.1, -0.05) is 12.1 Å². The van der Waals surface area contributed by atoms with Crippen molar-refractivity contribution in [2.24, 2.45) is 0 Å². The molecule has 4 aromatic rings. The van der Waals surface area contributed by atoms with Gasteiger partial charge in [0.1, 0.15) is 11.3 Å². The number of carbonyl (C=O) groups excluding carboxylic acids is 1. The van der Waals surface area contributed by atoms with Crippen molar-refractivity contribution in [3.8, 4) is 29.0 Å². The maximum Gasteiger partial charge on any atom is 0.325 e. The van der Waals surface area contributed by atoms with Crippen molar-refractivity contribution in [3.05, 3.63) is 60.5 Å². The first-order chi connectivity index (χ1) is 13.6. The van der Waals surface area contributed by atoms with Crippen molar-refractivity contribution in [3.63, 3.8) is 0 Å². The molecule has 8 heteroatoms. The van der Waals surface area contributed by atoms with Crippen molar-refractivity contribution in [2.75, 3.05) is 0 Å². The average molecular weight is 379 g/mol. The molecule has 0 spiro atoms. The lowest BCUT2D eigenvalue weighted by Crippen LogP contribution is -2.12. The second kappa shape index (κ2) is 7.43. The van der Waals surface area contributed by atoms with Gasteiger partial charge in [0.05, 0.1) is 6.20 Å². The van der Waals surface area contributed by atoms with Gasteiger partial charge >= 0.3 is 6.01 Å². The Morgan fingerprint density at radius 3 is 2.64 bits per heavy atom. The molecule has 7 nitrogen and oxygen atoms in total. The minimum Gasteiger partial charge on any atom is -0.483 e. The number of hydrogen-bond acceptors (Lipinski definition) is 7. The molecule has 140 valence electrons. The number of aldehydes is 1. The Hall–Kier alpha value is -3.81. The standard InChI is InChI=1S/C20H14FN3O4/c1-12(11-25)26-14-8-6-13(7-9-14)18-23-16-10-22-20(24-19(16)28-18)27-17-5-3-2-4-15(17)21/h2-12H,1H3. The third-order valence-electron chi connectivity index (χ3n) is 3.78. The van der Waals surface area contributed by atoms with Gasteiger partial charge in [0, 0.05) is 5.56 Å². The summed E-state index contributed by atoms with van der Waals surface area (Å²) >= 11 is 0. The highest BCUT2D eigenvalue weighted by Crippen LogP contribution is 2.27. The molecule has 4 rings (SSSR count). The third kappa shape index (κ3) is 3.66. The molecule has 0 aliphatic carbocycles. The van der Waals surface area contributed by atoms with Gasteiger partial charge < -0.3 is 13.9 Å². The third-order valence-corrected chi connectivity index (χ3v) is 3.78. The fourth-order valence-corrected chi connectivity index (χ4v) is 2.44. The molecule has 0 bridgehead atoms. The van der Waals surface area contributed by atoms with E-state index < -0.39 is 11.9 Å². The number of aromatic nitrogens is 3. The summed E-state index contributed by atoms with van der Waals surface area (Å²) in [6.07, 6.45) is 1.63. The van der Waals surface area contributed by atoms with Gasteiger partial charge in [0.2, 0.25) is 5.89 Å². The van der Waals surface area contributed by atoms with Crippen LogP contribution >= 0.6 is 0 Å². The lowest BCUT2D eigenvalue weighted by molar-refractivity contribution is -0.113. The van der Waals surface area contributed by atoms with Crippen molar-refractivity contribution in [1.29, 1.82) is 0 Å². The molecule has 1 unspecified atom stereocenters. The van der Waals surface area contributed by atoms with Gasteiger partial charge in [-0.15, -0.1) is 0 Å². The number of fused-ring (bicyclic) bond motifs is 1. The molecule has 2 heterocycles. The number of nitrogens with zero attached hydrogens (tertiary/aromatic N) is 3. The van der Waals surface area contributed by atoms with E-state index in [-0.39, 0.29) is 17.5 Å². The number of para-hydroxylation sites is 1. The largest absolute Gasteiger partial charge is 0.483 e. The van der Waals surface area contributed by atoms with E-state index in [0.717, 1.165) is 0 Å². The van der Waals surface area contributed by atoms with E-state index in [1.54, 1.807) is 43.3 Å². The molecule has 28 heavy (non-hydrogen) atoms. The van der Waals surface area contributed by atoms with Crippen LogP contribution in [0.5, 0.6) is 17.5 Å². The monoisotopic (exact) mass is 379 g/mol. The molecule has 0 saturated heterocycles. The highest BCUT2D eigenvalue weighted by atomic mass is 19.1. The molecule has 0 radical (unpaired) electrons. The van der Waals surface area contributed by atoms with E-state index in [2.05, 4.69) is 15.0 Å². The van der Waals surface area contributed by atoms with Crippen LogP contribution in [-0.4, -0.2) is 27.3 Å². The van der Waals surface area contributed by atoms with E-state index in [1.807, 2.05) is 0 Å². The Bertz CT molecular complexity index is 1130. The van der Waals surface area contributed by atoms with Crippen LogP contribution in [0.4, 0.5) is 4.39 Å². The summed E-state index contributed by atoms with van der Waals surface area (Å²) in [5.41, 5.74) is 1.35. The molecule has 1 atom stereocenters. The van der Waals surface area contributed by atoms with Crippen molar-refractivity contribution in [2.45, 2.75) is 13.0 Å². The Morgan fingerprint density at radius 2 is 1.89 bits per heavy atom. The van der Waals surface area contributed by atoms with Crippen LogP contribution in [0, 0.1) is 5.82 Å². The van der Waals surface area contributed by atoms with E-state index in [0.29, 0.717) is 29.0 Å². The smallest absolute Gasteiger partial charge is 0.325 e. The molecule has 0 saturated carbocycles. The number of hydrogen-bond donors (Lipinski definition) is 0. The predicted molar refractivity (Wildman–Crippen MR) is 97.7 cm³/mol. The average Bonchev–Trinajstić information content (AvgIpc) is 3.13. The van der Waals surface area contributed by atoms with Gasteiger partial charge in [0.25, 0.3) is 5.71 Å². The first-order valence-corrected chi connectivity index (χ1v) is 8.41. The molecule has 0 fully saturated rings. The molecule has 0 amide bonds. The van der Waals surface area contributed by atoms with Crippen LogP contribution in [0.1, 0.15) is 6.92 Å². The van der Waals surface area contributed by atoms with Crippen molar-refractivity contribution < 1.29 is 23.1 Å². The van der Waals surface area contributed by atoms with Crippen LogP contribution in [0.25, 0.3) is 22.7 Å². The number of oxazole rings is 1. The molecular weight excluding hydrogens is 365 g/mol. The molecule has 2 aromatic carbocycles. The van der Waals surface area contributed by atoms with Gasteiger partial charge in [-0.3, -0.25) is 4.79 Å². The highest BCUT2D eigenvalue weighted by molar-refractivity contribution is 5.72. The first-order valence-electron chi connectivity index (χ1n) is 8.41. The van der Waals surface area contributed by atoms with E-state index in [9.17, 15) is 9.18 Å². The number of halogens is 1. The zero-order chi connectivity index (χ0) is 19.5. The van der Waals surface area contributed by atoms with Crippen LogP contribution < -0.4 is 9.47 Å². The summed E-state index contributed by atoms with van der Waals surface area (Å²) in [7, 11) is 0. The van der Waals surface area contributed by atoms with E-state index in [1.165, 1.54) is 18.3 Å². The lowest BCUT2D eigenvalue weighted by atomic mass is 10.2. The topological polar surface area (TPSA) is 87.3 Å². The maximum absolute atomic E-state index is 13.7. The fraction of sp³-hybridized carbons (Fsp3) is 0.100. The Labute approximate surface area is 158 Å². The minimum absolute atomic E-state index is 0.0155. The van der Waals surface area contributed by atoms with Crippen LogP contribution in [0.3, 0.4) is 0 Å². The van der Waals surface area contributed by atoms with E-state index in [4.69, 9.17) is 13.9 Å². The Morgan fingerprint density at radius 1 is 1.11 bits per heavy atom. The number of ether oxygens (including phenoxy) is 2. The van der Waals surface area contributed by atoms with Crippen LogP contribution in [-0.2, 0) is 4.79 Å². The van der Waals surface area contributed by atoms with Crippen LogP contribution in [0.2, 0.25) is 0 Å². The molecule has 0 aliphatic heterocycles. The predicted octanol–water partition coefficient (Wildman–Crippen LogP) is 4.18. The van der Waals surface area contributed by atoms with Crippen molar-refractivity contribution >= 4 is 17.5 Å². The Kier molecular flexibility index (Phi) is 4.67. The maximum atomic E-state index is 13.7. The molecular formula is C20H14FN3O4. The molecule has 0 N–H and O–H groups in total. The normalized spacial score (nSPS) is 11.9. The summed E-state index contributed by atoms with van der Waals surface area (Å²) in [6, 6.07) is 12.8. The summed E-state index contributed by atoms with van der Waals surface area (Å²) in [4.78, 5) is 23.2. The van der Waals surface area contributed by atoms with Gasteiger partial charge in [-0.25, -0.2) is 14.4 Å². The number of carbonyl (C=O) groups is 1. The summed E-state index contributed by atoms with van der Waals surface area (Å²) in [6.45, 7) is 1.65. The minimum atomic E-state index is -0.529. The summed E-state index contributed by atoms with van der Waals surface area (Å²) < 4.78 is 30.1. The van der Waals surface area contributed by atoms with Gasteiger partial charge in [0.15, 0.2) is 24.0 Å². The zero-order valence-electron chi connectivity index (χ0n) is 14.7. The molecule has 0 aliphatic rings. The quantitative estimate of drug-likeness (QED) is 0.464. The highest BCUT2D eigenvalue weighted by Gasteiger charge is 2.13. The molecule has 2 aromatic heterocycles. The fourth-order valence-electron chi connectivity index (χ4n) is 2.44. The number of rotatable bonds is 6. The Balaban J connectivity index is 1.58.